The van der Waals surface area contributed by atoms with Crippen LogP contribution >= 0.6 is 11.3 Å². The Labute approximate surface area is 163 Å². The minimum absolute atomic E-state index is 0.176. The molecule has 2 amide bonds. The number of esters is 1. The number of methoxy groups -OCH3 is 1. The third-order valence-corrected chi connectivity index (χ3v) is 4.60. The molecular formula is C19H25N3O4S. The summed E-state index contributed by atoms with van der Waals surface area (Å²) in [6, 6.07) is 9.56. The lowest BCUT2D eigenvalue weighted by Crippen LogP contribution is -2.40. The van der Waals surface area contributed by atoms with Crippen LogP contribution in [0.25, 0.3) is 0 Å². The number of hydrogen-bond acceptors (Lipinski definition) is 6. The molecule has 0 aliphatic rings. The maximum atomic E-state index is 12.6. The van der Waals surface area contributed by atoms with Gasteiger partial charge in [-0.25, -0.2) is 14.6 Å². The minimum Gasteiger partial charge on any atom is -0.464 e. The molecule has 0 radical (unpaired) electrons. The van der Waals surface area contributed by atoms with Gasteiger partial charge in [-0.3, -0.25) is 0 Å². The van der Waals surface area contributed by atoms with Crippen LogP contribution in [0.4, 0.5) is 4.79 Å². The van der Waals surface area contributed by atoms with Crippen molar-refractivity contribution in [3.63, 3.8) is 0 Å². The second kappa shape index (κ2) is 11.3. The molecule has 0 atom stereocenters. The number of thiazole rings is 1. The van der Waals surface area contributed by atoms with Crippen LogP contribution < -0.4 is 5.32 Å². The van der Waals surface area contributed by atoms with Gasteiger partial charge >= 0.3 is 12.0 Å². The monoisotopic (exact) mass is 391 g/mol. The van der Waals surface area contributed by atoms with E-state index in [-0.39, 0.29) is 11.7 Å². The highest BCUT2D eigenvalue weighted by atomic mass is 32.1. The molecule has 0 spiro atoms. The lowest BCUT2D eigenvalue weighted by Gasteiger charge is -2.22. The number of carbonyl (C=O) groups is 2. The summed E-state index contributed by atoms with van der Waals surface area (Å²) in [4.78, 5) is 30.1. The molecule has 2 aromatic rings. The number of amides is 2. The summed E-state index contributed by atoms with van der Waals surface area (Å²) in [5.41, 5.74) is 1.29. The van der Waals surface area contributed by atoms with Crippen molar-refractivity contribution in [1.82, 2.24) is 15.2 Å². The van der Waals surface area contributed by atoms with Crippen molar-refractivity contribution in [2.24, 2.45) is 0 Å². The maximum absolute atomic E-state index is 12.6. The van der Waals surface area contributed by atoms with Crippen molar-refractivity contribution in [3.8, 4) is 0 Å². The quantitative estimate of drug-likeness (QED) is 0.497. The van der Waals surface area contributed by atoms with Gasteiger partial charge < -0.3 is 19.7 Å². The molecule has 0 aliphatic carbocycles. The molecule has 0 fully saturated rings. The fourth-order valence-electron chi connectivity index (χ4n) is 2.38. The Kier molecular flexibility index (Phi) is 8.73. The first-order chi connectivity index (χ1) is 13.1. The molecule has 1 N–H and O–H groups in total. The molecule has 7 nitrogen and oxygen atoms in total. The molecule has 27 heavy (non-hydrogen) atoms. The first kappa shape index (κ1) is 20.9. The second-order valence-electron chi connectivity index (χ2n) is 5.73. The number of rotatable bonds is 10. The molecule has 8 heteroatoms. The van der Waals surface area contributed by atoms with Gasteiger partial charge in [0.2, 0.25) is 0 Å². The van der Waals surface area contributed by atoms with Crippen LogP contribution in [0.3, 0.4) is 0 Å². The maximum Gasteiger partial charge on any atom is 0.357 e. The van der Waals surface area contributed by atoms with Crippen molar-refractivity contribution >= 4 is 23.3 Å². The van der Waals surface area contributed by atoms with Crippen LogP contribution in [0.5, 0.6) is 0 Å². The highest BCUT2D eigenvalue weighted by Crippen LogP contribution is 2.14. The van der Waals surface area contributed by atoms with E-state index in [2.05, 4.69) is 15.0 Å². The SMILES string of the molecule is CCOCCCN(Cc1nc(C(=O)OC)cs1)C(=O)NCc1ccccc1. The van der Waals surface area contributed by atoms with Gasteiger partial charge in [-0.05, 0) is 18.9 Å². The predicted molar refractivity (Wildman–Crippen MR) is 104 cm³/mol. The summed E-state index contributed by atoms with van der Waals surface area (Å²) in [7, 11) is 1.32. The lowest BCUT2D eigenvalue weighted by atomic mass is 10.2. The zero-order valence-corrected chi connectivity index (χ0v) is 16.5. The zero-order valence-electron chi connectivity index (χ0n) is 15.6. The average Bonchev–Trinajstić information content (AvgIpc) is 3.17. The Morgan fingerprint density at radius 3 is 2.74 bits per heavy atom. The third-order valence-electron chi connectivity index (χ3n) is 3.77. The summed E-state index contributed by atoms with van der Waals surface area (Å²) in [6.45, 7) is 4.49. The summed E-state index contributed by atoms with van der Waals surface area (Å²) < 4.78 is 10.0. The second-order valence-corrected chi connectivity index (χ2v) is 6.68. The van der Waals surface area contributed by atoms with Crippen LogP contribution in [0, 0.1) is 0 Å². The smallest absolute Gasteiger partial charge is 0.357 e. The number of ether oxygens (including phenoxy) is 2. The van der Waals surface area contributed by atoms with Gasteiger partial charge in [-0.2, -0.15) is 0 Å². The van der Waals surface area contributed by atoms with Gasteiger partial charge in [0.25, 0.3) is 0 Å². The van der Waals surface area contributed by atoms with E-state index in [1.807, 2.05) is 37.3 Å². The largest absolute Gasteiger partial charge is 0.464 e. The Morgan fingerprint density at radius 2 is 2.04 bits per heavy atom. The molecule has 146 valence electrons. The summed E-state index contributed by atoms with van der Waals surface area (Å²) >= 11 is 1.33. The van der Waals surface area contributed by atoms with E-state index >= 15 is 0 Å². The number of hydrogen-bond donors (Lipinski definition) is 1. The third kappa shape index (κ3) is 6.99. The zero-order chi connectivity index (χ0) is 19.5. The Hall–Kier alpha value is -2.45. The molecule has 0 unspecified atom stereocenters. The molecule has 2 rings (SSSR count). The molecule has 0 aliphatic heterocycles. The van der Waals surface area contributed by atoms with Gasteiger partial charge in [0, 0.05) is 31.7 Å². The highest BCUT2D eigenvalue weighted by Gasteiger charge is 2.17. The van der Waals surface area contributed by atoms with Gasteiger partial charge in [0.05, 0.1) is 13.7 Å². The number of nitrogens with one attached hydrogen (secondary N) is 1. The number of aromatic nitrogens is 1. The van der Waals surface area contributed by atoms with E-state index in [0.29, 0.717) is 37.9 Å². The van der Waals surface area contributed by atoms with Crippen LogP contribution in [-0.4, -0.2) is 48.8 Å². The normalized spacial score (nSPS) is 10.4. The van der Waals surface area contributed by atoms with E-state index in [9.17, 15) is 9.59 Å². The van der Waals surface area contributed by atoms with Crippen LogP contribution in [0.15, 0.2) is 35.7 Å². The number of benzene rings is 1. The van der Waals surface area contributed by atoms with Gasteiger partial charge in [0.15, 0.2) is 5.69 Å². The van der Waals surface area contributed by atoms with Crippen LogP contribution in [-0.2, 0) is 22.6 Å². The van der Waals surface area contributed by atoms with E-state index < -0.39 is 5.97 Å². The first-order valence-electron chi connectivity index (χ1n) is 8.81. The molecule has 1 aromatic heterocycles. The van der Waals surface area contributed by atoms with Crippen molar-refractivity contribution in [1.29, 1.82) is 0 Å². The fourth-order valence-corrected chi connectivity index (χ4v) is 3.16. The van der Waals surface area contributed by atoms with E-state index in [0.717, 1.165) is 12.0 Å². The minimum atomic E-state index is -0.478. The summed E-state index contributed by atoms with van der Waals surface area (Å²) in [5.74, 6) is -0.478. The Balaban J connectivity index is 1.97. The topological polar surface area (TPSA) is 80.8 Å². The molecule has 0 saturated carbocycles. The van der Waals surface area contributed by atoms with Crippen molar-refractivity contribution in [2.45, 2.75) is 26.4 Å². The van der Waals surface area contributed by atoms with Gasteiger partial charge in [-0.1, -0.05) is 30.3 Å². The predicted octanol–water partition coefficient (Wildman–Crippen LogP) is 3.07. The van der Waals surface area contributed by atoms with E-state index in [4.69, 9.17) is 4.74 Å². The first-order valence-corrected chi connectivity index (χ1v) is 9.69. The molecule has 0 bridgehead atoms. The number of nitrogens with zero attached hydrogens (tertiary/aromatic N) is 2. The fraction of sp³-hybridized carbons (Fsp3) is 0.421. The van der Waals surface area contributed by atoms with Crippen LogP contribution in [0.1, 0.15) is 34.4 Å². The Bertz CT molecular complexity index is 721. The van der Waals surface area contributed by atoms with Gasteiger partial charge in [-0.15, -0.1) is 11.3 Å². The van der Waals surface area contributed by atoms with Crippen molar-refractivity contribution in [2.75, 3.05) is 26.9 Å². The molecular weight excluding hydrogens is 366 g/mol. The molecule has 1 heterocycles. The standard InChI is InChI=1S/C19H25N3O4S/c1-3-26-11-7-10-22(13-17-21-16(14-27-17)18(23)25-2)19(24)20-12-15-8-5-4-6-9-15/h4-6,8-9,14H,3,7,10-13H2,1-2H3,(H,20,24). The average molecular weight is 391 g/mol. The highest BCUT2D eigenvalue weighted by molar-refractivity contribution is 7.09. The molecule has 1 aromatic carbocycles. The number of urea groups is 1. The Morgan fingerprint density at radius 1 is 1.26 bits per heavy atom. The van der Waals surface area contributed by atoms with Crippen molar-refractivity contribution in [3.05, 3.63) is 52.0 Å². The summed E-state index contributed by atoms with van der Waals surface area (Å²) in [6.07, 6.45) is 0.724. The molecule has 0 saturated heterocycles. The summed E-state index contributed by atoms with van der Waals surface area (Å²) in [5, 5.41) is 5.25. The van der Waals surface area contributed by atoms with Crippen LogP contribution in [0.2, 0.25) is 0 Å². The van der Waals surface area contributed by atoms with E-state index in [1.54, 1.807) is 10.3 Å². The van der Waals surface area contributed by atoms with Crippen molar-refractivity contribution < 1.29 is 19.1 Å². The number of carbonyl (C=O) groups excluding carboxylic acids is 2. The lowest BCUT2D eigenvalue weighted by molar-refractivity contribution is 0.0594. The van der Waals surface area contributed by atoms with E-state index in [1.165, 1.54) is 18.4 Å². The van der Waals surface area contributed by atoms with Gasteiger partial charge in [0.1, 0.15) is 5.01 Å².